The normalized spacial score (nSPS) is 11.8. The summed E-state index contributed by atoms with van der Waals surface area (Å²) in [6, 6.07) is 4.09. The molecular formula is C17H19BrClN3S. The van der Waals surface area contributed by atoms with Crippen LogP contribution < -0.4 is 0 Å². The summed E-state index contributed by atoms with van der Waals surface area (Å²) in [5, 5.41) is 5.53. The van der Waals surface area contributed by atoms with Gasteiger partial charge >= 0.3 is 0 Å². The Labute approximate surface area is 153 Å². The second kappa shape index (κ2) is 6.54. The van der Waals surface area contributed by atoms with Crippen LogP contribution in [0.4, 0.5) is 0 Å². The molecule has 0 saturated carbocycles. The van der Waals surface area contributed by atoms with Gasteiger partial charge in [0.15, 0.2) is 5.65 Å². The Balaban J connectivity index is 2.33. The largest absolute Gasteiger partial charge is 0.233 e. The van der Waals surface area contributed by atoms with E-state index in [1.54, 1.807) is 11.3 Å². The van der Waals surface area contributed by atoms with Crippen molar-refractivity contribution in [3.8, 4) is 10.4 Å². The molecular weight excluding hydrogens is 394 g/mol. The summed E-state index contributed by atoms with van der Waals surface area (Å²) >= 11 is 11.6. The maximum atomic E-state index is 6.42. The Hall–Kier alpha value is -0.910. The molecule has 0 spiro atoms. The van der Waals surface area contributed by atoms with Crippen LogP contribution in [0, 0.1) is 13.8 Å². The molecule has 0 aliphatic heterocycles. The molecule has 0 unspecified atom stereocenters. The molecule has 3 aromatic heterocycles. The zero-order valence-corrected chi connectivity index (χ0v) is 16.8. The number of halogens is 2. The van der Waals surface area contributed by atoms with Crippen molar-refractivity contribution in [2.24, 2.45) is 0 Å². The van der Waals surface area contributed by atoms with Crippen molar-refractivity contribution in [1.82, 2.24) is 14.6 Å². The van der Waals surface area contributed by atoms with E-state index in [4.69, 9.17) is 21.7 Å². The molecule has 122 valence electrons. The minimum absolute atomic E-state index is 0.483. The van der Waals surface area contributed by atoms with Gasteiger partial charge in [-0.25, -0.2) is 9.50 Å². The van der Waals surface area contributed by atoms with Crippen molar-refractivity contribution < 1.29 is 0 Å². The number of aromatic nitrogens is 3. The Kier molecular flexibility index (Phi) is 4.81. The minimum Gasteiger partial charge on any atom is -0.233 e. The third kappa shape index (κ3) is 2.94. The molecule has 0 aromatic carbocycles. The van der Waals surface area contributed by atoms with Crippen molar-refractivity contribution >= 4 is 44.5 Å². The van der Waals surface area contributed by atoms with E-state index >= 15 is 0 Å². The van der Waals surface area contributed by atoms with Gasteiger partial charge in [-0.1, -0.05) is 25.4 Å². The second-order valence-electron chi connectivity index (χ2n) is 5.76. The van der Waals surface area contributed by atoms with E-state index in [0.29, 0.717) is 5.92 Å². The number of aryl methyl sites for hydroxylation is 2. The summed E-state index contributed by atoms with van der Waals surface area (Å²) in [6.07, 6.45) is 2.18. The Bertz CT molecular complexity index is 864. The standard InChI is InChI=1S/C17H19BrClN3S/c1-5-11(6-2)13-7-9(3)20-17-15(10(4)21-22(13)17)16-12(19)8-14(18)23-16/h7-8,11H,5-6H2,1-4H3. The van der Waals surface area contributed by atoms with Crippen LogP contribution in [-0.4, -0.2) is 14.6 Å². The second-order valence-corrected chi connectivity index (χ2v) is 8.60. The van der Waals surface area contributed by atoms with Crippen LogP contribution in [0.25, 0.3) is 16.1 Å². The van der Waals surface area contributed by atoms with Crippen LogP contribution in [0.5, 0.6) is 0 Å². The predicted molar refractivity (Wildman–Crippen MR) is 102 cm³/mol. The molecule has 0 N–H and O–H groups in total. The van der Waals surface area contributed by atoms with Gasteiger partial charge in [0.25, 0.3) is 0 Å². The van der Waals surface area contributed by atoms with Crippen LogP contribution in [0.3, 0.4) is 0 Å². The van der Waals surface area contributed by atoms with Crippen molar-refractivity contribution in [2.45, 2.75) is 46.5 Å². The molecule has 0 bridgehead atoms. The monoisotopic (exact) mass is 411 g/mol. The van der Waals surface area contributed by atoms with Crippen LogP contribution in [0.2, 0.25) is 5.02 Å². The summed E-state index contributed by atoms with van der Waals surface area (Å²) in [4.78, 5) is 5.80. The van der Waals surface area contributed by atoms with E-state index in [1.807, 2.05) is 24.4 Å². The lowest BCUT2D eigenvalue weighted by atomic mass is 9.98. The molecule has 0 atom stereocenters. The molecule has 0 aliphatic rings. The average molecular weight is 413 g/mol. The molecule has 3 aromatic rings. The fourth-order valence-electron chi connectivity index (χ4n) is 3.05. The zero-order chi connectivity index (χ0) is 16.7. The number of hydrogen-bond donors (Lipinski definition) is 0. The fourth-order valence-corrected chi connectivity index (χ4v) is 5.15. The van der Waals surface area contributed by atoms with E-state index in [-0.39, 0.29) is 0 Å². The minimum atomic E-state index is 0.483. The van der Waals surface area contributed by atoms with Crippen molar-refractivity contribution in [3.63, 3.8) is 0 Å². The van der Waals surface area contributed by atoms with E-state index in [1.165, 1.54) is 5.69 Å². The molecule has 0 amide bonds. The summed E-state index contributed by atoms with van der Waals surface area (Å²) in [7, 11) is 0. The van der Waals surface area contributed by atoms with Gasteiger partial charge in [-0.05, 0) is 54.8 Å². The number of nitrogens with zero attached hydrogens (tertiary/aromatic N) is 3. The fraction of sp³-hybridized carbons (Fsp3) is 0.412. The predicted octanol–water partition coefficient (Wildman–Crippen LogP) is 6.39. The van der Waals surface area contributed by atoms with E-state index < -0.39 is 0 Å². The maximum absolute atomic E-state index is 6.42. The molecule has 23 heavy (non-hydrogen) atoms. The first-order chi connectivity index (χ1) is 11.0. The van der Waals surface area contributed by atoms with E-state index in [9.17, 15) is 0 Å². The van der Waals surface area contributed by atoms with Crippen LogP contribution in [-0.2, 0) is 0 Å². The maximum Gasteiger partial charge on any atom is 0.164 e. The topological polar surface area (TPSA) is 30.2 Å². The summed E-state index contributed by atoms with van der Waals surface area (Å²) < 4.78 is 3.03. The van der Waals surface area contributed by atoms with Gasteiger partial charge in [0.1, 0.15) is 0 Å². The Morgan fingerprint density at radius 2 is 1.96 bits per heavy atom. The van der Waals surface area contributed by atoms with Gasteiger partial charge in [0.05, 0.1) is 24.9 Å². The number of thiophene rings is 1. The highest BCUT2D eigenvalue weighted by atomic mass is 79.9. The van der Waals surface area contributed by atoms with Crippen LogP contribution in [0.1, 0.15) is 49.7 Å². The molecule has 0 fully saturated rings. The van der Waals surface area contributed by atoms with Gasteiger partial charge in [-0.15, -0.1) is 11.3 Å². The zero-order valence-electron chi connectivity index (χ0n) is 13.7. The highest BCUT2D eigenvalue weighted by molar-refractivity contribution is 9.11. The van der Waals surface area contributed by atoms with Gasteiger partial charge in [0, 0.05) is 17.3 Å². The van der Waals surface area contributed by atoms with Crippen molar-refractivity contribution in [1.29, 1.82) is 0 Å². The van der Waals surface area contributed by atoms with Crippen LogP contribution in [0.15, 0.2) is 15.9 Å². The van der Waals surface area contributed by atoms with E-state index in [2.05, 4.69) is 35.8 Å². The highest BCUT2D eigenvalue weighted by Gasteiger charge is 2.22. The smallest absolute Gasteiger partial charge is 0.164 e. The number of rotatable bonds is 4. The van der Waals surface area contributed by atoms with Crippen molar-refractivity contribution in [2.75, 3.05) is 0 Å². The molecule has 0 radical (unpaired) electrons. The Morgan fingerprint density at radius 1 is 1.26 bits per heavy atom. The quantitative estimate of drug-likeness (QED) is 0.496. The third-order valence-electron chi connectivity index (χ3n) is 4.21. The average Bonchev–Trinajstić information content (AvgIpc) is 2.98. The lowest BCUT2D eigenvalue weighted by molar-refractivity contribution is 0.598. The van der Waals surface area contributed by atoms with E-state index in [0.717, 1.165) is 49.1 Å². The highest BCUT2D eigenvalue weighted by Crippen LogP contribution is 2.42. The third-order valence-corrected chi connectivity index (χ3v) is 6.27. The SMILES string of the molecule is CCC(CC)c1cc(C)nc2c(-c3sc(Br)cc3Cl)c(C)nn12. The first kappa shape index (κ1) is 16.9. The van der Waals surface area contributed by atoms with Crippen molar-refractivity contribution in [3.05, 3.63) is 38.0 Å². The molecule has 3 heterocycles. The van der Waals surface area contributed by atoms with Gasteiger partial charge in [-0.2, -0.15) is 5.10 Å². The van der Waals surface area contributed by atoms with Gasteiger partial charge in [-0.3, -0.25) is 0 Å². The molecule has 6 heteroatoms. The summed E-state index contributed by atoms with van der Waals surface area (Å²) in [5.41, 5.74) is 5.17. The van der Waals surface area contributed by atoms with Crippen LogP contribution >= 0.6 is 38.9 Å². The number of hydrogen-bond acceptors (Lipinski definition) is 3. The summed E-state index contributed by atoms with van der Waals surface area (Å²) in [6.45, 7) is 8.52. The summed E-state index contributed by atoms with van der Waals surface area (Å²) in [5.74, 6) is 0.483. The van der Waals surface area contributed by atoms with Gasteiger partial charge in [0.2, 0.25) is 0 Å². The molecule has 3 nitrogen and oxygen atoms in total. The lowest BCUT2D eigenvalue weighted by Gasteiger charge is -2.15. The lowest BCUT2D eigenvalue weighted by Crippen LogP contribution is -2.07. The Morgan fingerprint density at radius 3 is 2.52 bits per heavy atom. The number of fused-ring (bicyclic) bond motifs is 1. The first-order valence-corrected chi connectivity index (χ1v) is 9.77. The molecule has 0 aliphatic carbocycles. The molecule has 0 saturated heterocycles. The molecule has 3 rings (SSSR count). The first-order valence-electron chi connectivity index (χ1n) is 7.78. The van der Waals surface area contributed by atoms with Gasteiger partial charge < -0.3 is 0 Å².